The van der Waals surface area contributed by atoms with E-state index in [9.17, 15) is 14.4 Å². The molecule has 3 aromatic rings. The number of carbonyl (C=O) groups excluding carboxylic acids is 3. The van der Waals surface area contributed by atoms with Crippen LogP contribution in [0, 0.1) is 6.92 Å². The number of hydrogen-bond acceptors (Lipinski definition) is 6. The fourth-order valence-corrected chi connectivity index (χ4v) is 5.09. The summed E-state index contributed by atoms with van der Waals surface area (Å²) in [7, 11) is 1.48. The Balaban J connectivity index is 1.23. The van der Waals surface area contributed by atoms with Crippen LogP contribution in [0.25, 0.3) is 11.3 Å². The van der Waals surface area contributed by atoms with Crippen molar-refractivity contribution >= 4 is 17.7 Å². The molecular weight excluding hydrogens is 458 g/mol. The SMILES string of the molecule is COCC1(c2ccc(C(=O)N3CCC(c4cc(-c5ccc(C)cc5)n[nH]4)CC3)cn2)CC(=O)NC1=O. The molecule has 186 valence electrons. The lowest BCUT2D eigenvalue weighted by molar-refractivity contribution is -0.127. The summed E-state index contributed by atoms with van der Waals surface area (Å²) in [4.78, 5) is 43.7. The van der Waals surface area contributed by atoms with Crippen molar-refractivity contribution in [2.45, 2.75) is 37.5 Å². The topological polar surface area (TPSA) is 117 Å². The van der Waals surface area contributed by atoms with Crippen molar-refractivity contribution in [1.29, 1.82) is 0 Å². The fourth-order valence-electron chi connectivity index (χ4n) is 5.09. The van der Waals surface area contributed by atoms with Gasteiger partial charge >= 0.3 is 0 Å². The zero-order chi connectivity index (χ0) is 25.3. The van der Waals surface area contributed by atoms with Crippen molar-refractivity contribution in [1.82, 2.24) is 25.4 Å². The van der Waals surface area contributed by atoms with Gasteiger partial charge in [-0.05, 0) is 38.0 Å². The molecule has 2 N–H and O–H groups in total. The highest BCUT2D eigenvalue weighted by Crippen LogP contribution is 2.33. The number of ether oxygens (including phenoxy) is 1. The zero-order valence-electron chi connectivity index (χ0n) is 20.4. The van der Waals surface area contributed by atoms with Gasteiger partial charge in [0, 0.05) is 50.0 Å². The van der Waals surface area contributed by atoms with Gasteiger partial charge in [-0.25, -0.2) is 0 Å². The zero-order valence-corrected chi connectivity index (χ0v) is 20.4. The van der Waals surface area contributed by atoms with Gasteiger partial charge in [0.1, 0.15) is 5.41 Å². The van der Waals surface area contributed by atoms with Crippen LogP contribution in [0.4, 0.5) is 0 Å². The third-order valence-electron chi connectivity index (χ3n) is 7.21. The molecule has 0 aliphatic carbocycles. The molecule has 1 aromatic carbocycles. The Labute approximate surface area is 209 Å². The number of nitrogens with one attached hydrogen (secondary N) is 2. The van der Waals surface area contributed by atoms with Crippen LogP contribution in [0.5, 0.6) is 0 Å². The first-order valence-corrected chi connectivity index (χ1v) is 12.1. The number of aryl methyl sites for hydroxylation is 1. The first kappa shape index (κ1) is 23.9. The van der Waals surface area contributed by atoms with E-state index in [-0.39, 0.29) is 24.8 Å². The highest BCUT2D eigenvalue weighted by atomic mass is 16.5. The molecule has 1 atom stereocenters. The van der Waals surface area contributed by atoms with Crippen molar-refractivity contribution in [3.05, 3.63) is 71.2 Å². The van der Waals surface area contributed by atoms with Crippen LogP contribution in [0.3, 0.4) is 0 Å². The number of imide groups is 1. The van der Waals surface area contributed by atoms with Crippen LogP contribution in [0.1, 0.15) is 52.5 Å². The van der Waals surface area contributed by atoms with Crippen LogP contribution in [0.2, 0.25) is 0 Å². The first-order chi connectivity index (χ1) is 17.4. The molecule has 9 nitrogen and oxygen atoms in total. The number of carbonyl (C=O) groups is 3. The molecule has 9 heteroatoms. The van der Waals surface area contributed by atoms with Crippen LogP contribution in [-0.2, 0) is 19.7 Å². The lowest BCUT2D eigenvalue weighted by atomic mass is 9.83. The number of benzene rings is 1. The molecule has 3 amide bonds. The number of nitrogens with zero attached hydrogens (tertiary/aromatic N) is 3. The average molecular weight is 488 g/mol. The molecular formula is C27H29N5O4. The molecule has 2 aliphatic rings. The maximum atomic E-state index is 13.1. The number of aromatic amines is 1. The fraction of sp³-hybridized carbons (Fsp3) is 0.370. The van der Waals surface area contributed by atoms with Crippen LogP contribution in [0.15, 0.2) is 48.7 Å². The minimum absolute atomic E-state index is 0.0211. The third-order valence-corrected chi connectivity index (χ3v) is 7.21. The van der Waals surface area contributed by atoms with E-state index in [4.69, 9.17) is 4.74 Å². The van der Waals surface area contributed by atoms with Crippen molar-refractivity contribution in [3.8, 4) is 11.3 Å². The number of amides is 3. The van der Waals surface area contributed by atoms with Gasteiger partial charge in [0.2, 0.25) is 11.8 Å². The summed E-state index contributed by atoms with van der Waals surface area (Å²) in [6.45, 7) is 3.37. The van der Waals surface area contributed by atoms with Gasteiger partial charge in [0.15, 0.2) is 0 Å². The predicted molar refractivity (Wildman–Crippen MR) is 132 cm³/mol. The third kappa shape index (κ3) is 4.42. The van der Waals surface area contributed by atoms with E-state index < -0.39 is 11.3 Å². The van der Waals surface area contributed by atoms with Gasteiger partial charge in [-0.2, -0.15) is 5.10 Å². The van der Waals surface area contributed by atoms with E-state index in [0.717, 1.165) is 29.8 Å². The van der Waals surface area contributed by atoms with Crippen LogP contribution < -0.4 is 5.32 Å². The van der Waals surface area contributed by atoms with Gasteiger partial charge in [-0.15, -0.1) is 0 Å². The Morgan fingerprint density at radius 1 is 1.14 bits per heavy atom. The van der Waals surface area contributed by atoms with Crippen molar-refractivity contribution < 1.29 is 19.1 Å². The summed E-state index contributed by atoms with van der Waals surface area (Å²) >= 11 is 0. The Hall–Kier alpha value is -3.85. The number of hydrogen-bond donors (Lipinski definition) is 2. The molecule has 2 aromatic heterocycles. The smallest absolute Gasteiger partial charge is 0.255 e. The van der Waals surface area contributed by atoms with E-state index in [1.54, 1.807) is 12.1 Å². The molecule has 36 heavy (non-hydrogen) atoms. The summed E-state index contributed by atoms with van der Waals surface area (Å²) < 4.78 is 5.22. The van der Waals surface area contributed by atoms with Crippen LogP contribution in [-0.4, -0.2) is 64.6 Å². The molecule has 0 radical (unpaired) electrons. The van der Waals surface area contributed by atoms with Gasteiger partial charge in [0.05, 0.1) is 23.6 Å². The second-order valence-corrected chi connectivity index (χ2v) is 9.64. The number of pyridine rings is 1. The highest BCUT2D eigenvalue weighted by Gasteiger charge is 2.49. The summed E-state index contributed by atoms with van der Waals surface area (Å²) in [5.74, 6) is -0.559. The Bertz CT molecular complexity index is 1280. The average Bonchev–Trinajstić information content (AvgIpc) is 3.49. The highest BCUT2D eigenvalue weighted by molar-refractivity contribution is 6.09. The van der Waals surface area contributed by atoms with Gasteiger partial charge in [-0.1, -0.05) is 29.8 Å². The maximum absolute atomic E-state index is 13.1. The van der Waals surface area contributed by atoms with Gasteiger partial charge in [0.25, 0.3) is 5.91 Å². The van der Waals surface area contributed by atoms with E-state index in [2.05, 4.69) is 57.8 Å². The molecule has 5 rings (SSSR count). The molecule has 2 saturated heterocycles. The standard InChI is InChI=1S/C27H29N5O4/c1-17-3-5-18(6-4-17)21-13-22(31-30-21)19-9-11-32(12-10-19)25(34)20-7-8-23(28-15-20)27(16-36-2)14-24(33)29-26(27)35/h3-8,13,15,19H,9-12,14,16H2,1-2H3,(H,30,31)(H,29,33,35). The van der Waals surface area contributed by atoms with Crippen molar-refractivity contribution in [2.24, 2.45) is 0 Å². The number of rotatable bonds is 6. The molecule has 0 bridgehead atoms. The predicted octanol–water partition coefficient (Wildman–Crippen LogP) is 2.73. The molecule has 2 fully saturated rings. The van der Waals surface area contributed by atoms with Crippen LogP contribution >= 0.6 is 0 Å². The second kappa shape index (κ2) is 9.66. The van der Waals surface area contributed by atoms with E-state index in [0.29, 0.717) is 30.3 Å². The number of aromatic nitrogens is 3. The molecule has 0 saturated carbocycles. The Kier molecular flexibility index (Phi) is 6.40. The summed E-state index contributed by atoms with van der Waals surface area (Å²) in [5.41, 5.74) is 4.04. The number of piperidine rings is 1. The van der Waals surface area contributed by atoms with Gasteiger partial charge in [-0.3, -0.25) is 29.8 Å². The summed E-state index contributed by atoms with van der Waals surface area (Å²) in [6.07, 6.45) is 3.14. The lowest BCUT2D eigenvalue weighted by Gasteiger charge is -2.31. The van der Waals surface area contributed by atoms with Crippen molar-refractivity contribution in [3.63, 3.8) is 0 Å². The first-order valence-electron chi connectivity index (χ1n) is 12.1. The van der Waals surface area contributed by atoms with E-state index in [1.165, 1.54) is 18.9 Å². The Morgan fingerprint density at radius 3 is 2.50 bits per heavy atom. The minimum Gasteiger partial charge on any atom is -0.383 e. The monoisotopic (exact) mass is 487 g/mol. The number of H-pyrrole nitrogens is 1. The quantitative estimate of drug-likeness (QED) is 0.517. The van der Waals surface area contributed by atoms with E-state index in [1.807, 2.05) is 4.90 Å². The van der Waals surface area contributed by atoms with Gasteiger partial charge < -0.3 is 9.64 Å². The maximum Gasteiger partial charge on any atom is 0.255 e. The molecule has 4 heterocycles. The molecule has 0 spiro atoms. The second-order valence-electron chi connectivity index (χ2n) is 9.64. The number of methoxy groups -OCH3 is 1. The molecule has 2 aliphatic heterocycles. The lowest BCUT2D eigenvalue weighted by Crippen LogP contribution is -2.41. The summed E-state index contributed by atoms with van der Waals surface area (Å²) in [5, 5.41) is 10.0. The summed E-state index contributed by atoms with van der Waals surface area (Å²) in [6, 6.07) is 13.7. The van der Waals surface area contributed by atoms with Crippen molar-refractivity contribution in [2.75, 3.05) is 26.8 Å². The Morgan fingerprint density at radius 2 is 1.89 bits per heavy atom. The van der Waals surface area contributed by atoms with E-state index >= 15 is 0 Å². The largest absolute Gasteiger partial charge is 0.383 e. The normalized spacial score (nSPS) is 20.6. The number of likely N-dealkylation sites (tertiary alicyclic amines) is 1. The minimum atomic E-state index is -1.16. The molecule has 1 unspecified atom stereocenters.